The predicted molar refractivity (Wildman–Crippen MR) is 66.0 cm³/mol. The van der Waals surface area contributed by atoms with Crippen LogP contribution in [0, 0.1) is 0 Å². The second-order valence-corrected chi connectivity index (χ2v) is 5.23. The van der Waals surface area contributed by atoms with Gasteiger partial charge in [0.2, 0.25) is 0 Å². The van der Waals surface area contributed by atoms with E-state index < -0.39 is 5.60 Å². The highest BCUT2D eigenvalue weighted by molar-refractivity contribution is 7.17. The van der Waals surface area contributed by atoms with Crippen LogP contribution in [0.3, 0.4) is 0 Å². The molecule has 1 rings (SSSR count). The molecule has 0 saturated heterocycles. The number of nitrogens with one attached hydrogen (secondary N) is 1. The fraction of sp³-hybridized carbons (Fsp3) is 0.455. The molecule has 5 heteroatoms. The van der Waals surface area contributed by atoms with Gasteiger partial charge in [-0.25, -0.2) is 9.78 Å². The second-order valence-electron chi connectivity index (χ2n) is 4.20. The summed E-state index contributed by atoms with van der Waals surface area (Å²) in [6, 6.07) is 0. The van der Waals surface area contributed by atoms with E-state index >= 15 is 0 Å². The minimum Gasteiger partial charge on any atom is -0.456 e. The molecule has 1 N–H and O–H groups in total. The Morgan fingerprint density at radius 3 is 2.94 bits per heavy atom. The number of thiazole rings is 1. The van der Waals surface area contributed by atoms with E-state index in [-0.39, 0.29) is 5.97 Å². The Bertz CT molecular complexity index is 380. The first-order valence-corrected chi connectivity index (χ1v) is 5.78. The van der Waals surface area contributed by atoms with Crippen molar-refractivity contribution in [3.05, 3.63) is 23.7 Å². The van der Waals surface area contributed by atoms with Crippen LogP contribution in [0.5, 0.6) is 0 Å². The van der Waals surface area contributed by atoms with Crippen molar-refractivity contribution in [1.29, 1.82) is 0 Å². The van der Waals surface area contributed by atoms with Gasteiger partial charge < -0.3 is 10.1 Å². The molecule has 0 fully saturated rings. The van der Waals surface area contributed by atoms with Crippen LogP contribution in [0.25, 0.3) is 0 Å². The third-order valence-corrected chi connectivity index (χ3v) is 2.44. The molecule has 0 unspecified atom stereocenters. The highest BCUT2D eigenvalue weighted by Crippen LogP contribution is 2.20. The van der Waals surface area contributed by atoms with Gasteiger partial charge in [-0.3, -0.25) is 0 Å². The average molecular weight is 240 g/mol. The molecule has 1 heterocycles. The lowest BCUT2D eigenvalue weighted by molar-refractivity contribution is 0.00750. The van der Waals surface area contributed by atoms with Crippen molar-refractivity contribution in [2.75, 3.05) is 11.9 Å². The van der Waals surface area contributed by atoms with E-state index in [1.54, 1.807) is 6.08 Å². The number of hydrogen-bond acceptors (Lipinski definition) is 5. The lowest BCUT2D eigenvalue weighted by Crippen LogP contribution is -2.23. The summed E-state index contributed by atoms with van der Waals surface area (Å²) in [5, 5.41) is 3.71. The molecule has 0 spiro atoms. The van der Waals surface area contributed by atoms with Crippen LogP contribution in [0.2, 0.25) is 0 Å². The van der Waals surface area contributed by atoms with Crippen molar-refractivity contribution in [3.63, 3.8) is 0 Å². The number of hydrogen-bond donors (Lipinski definition) is 1. The number of ether oxygens (including phenoxy) is 1. The highest BCUT2D eigenvalue weighted by Gasteiger charge is 2.19. The minimum atomic E-state index is -0.476. The zero-order chi connectivity index (χ0) is 12.2. The van der Waals surface area contributed by atoms with Gasteiger partial charge in [0, 0.05) is 6.54 Å². The molecule has 1 aromatic rings. The highest BCUT2D eigenvalue weighted by atomic mass is 32.1. The molecule has 0 radical (unpaired) electrons. The van der Waals surface area contributed by atoms with Gasteiger partial charge in [0.25, 0.3) is 0 Å². The fourth-order valence-corrected chi connectivity index (χ4v) is 1.64. The van der Waals surface area contributed by atoms with Crippen molar-refractivity contribution in [3.8, 4) is 0 Å². The molecular weight excluding hydrogens is 224 g/mol. The van der Waals surface area contributed by atoms with E-state index in [2.05, 4.69) is 16.9 Å². The number of anilines is 1. The van der Waals surface area contributed by atoms with E-state index in [9.17, 15) is 4.79 Å². The summed E-state index contributed by atoms with van der Waals surface area (Å²) in [4.78, 5) is 16.2. The van der Waals surface area contributed by atoms with Crippen LogP contribution >= 0.6 is 11.3 Å². The van der Waals surface area contributed by atoms with E-state index in [0.29, 0.717) is 16.6 Å². The van der Waals surface area contributed by atoms with Crippen LogP contribution in [0.1, 0.15) is 30.4 Å². The van der Waals surface area contributed by atoms with Gasteiger partial charge in [-0.1, -0.05) is 17.4 Å². The molecule has 88 valence electrons. The molecule has 0 aliphatic carbocycles. The van der Waals surface area contributed by atoms with Crippen molar-refractivity contribution in [2.24, 2.45) is 0 Å². The Hall–Kier alpha value is -1.36. The topological polar surface area (TPSA) is 51.2 Å². The Balaban J connectivity index is 2.63. The molecule has 0 amide bonds. The molecule has 0 aliphatic rings. The Labute approximate surface area is 99.3 Å². The van der Waals surface area contributed by atoms with E-state index in [1.807, 2.05) is 20.8 Å². The monoisotopic (exact) mass is 240 g/mol. The first kappa shape index (κ1) is 12.7. The number of aromatic nitrogens is 1. The quantitative estimate of drug-likeness (QED) is 0.649. The molecule has 0 atom stereocenters. The summed E-state index contributed by atoms with van der Waals surface area (Å²) in [6.45, 7) is 9.72. The van der Waals surface area contributed by atoms with Crippen LogP contribution < -0.4 is 5.32 Å². The summed E-state index contributed by atoms with van der Waals surface area (Å²) >= 11 is 1.28. The zero-order valence-corrected chi connectivity index (χ0v) is 10.6. The largest absolute Gasteiger partial charge is 0.456 e. The number of carbonyl (C=O) groups is 1. The Morgan fingerprint density at radius 2 is 2.38 bits per heavy atom. The fourth-order valence-electron chi connectivity index (χ4n) is 0.938. The maximum atomic E-state index is 11.6. The van der Waals surface area contributed by atoms with Gasteiger partial charge in [-0.2, -0.15) is 0 Å². The number of rotatable bonds is 4. The summed E-state index contributed by atoms with van der Waals surface area (Å²) in [5.41, 5.74) is -0.476. The van der Waals surface area contributed by atoms with Crippen LogP contribution in [0.4, 0.5) is 5.13 Å². The van der Waals surface area contributed by atoms with Crippen LogP contribution in [0.15, 0.2) is 18.9 Å². The maximum Gasteiger partial charge on any atom is 0.350 e. The summed E-state index contributed by atoms with van der Waals surface area (Å²) in [6.07, 6.45) is 3.25. The smallest absolute Gasteiger partial charge is 0.350 e. The molecule has 16 heavy (non-hydrogen) atoms. The Morgan fingerprint density at radius 1 is 1.69 bits per heavy atom. The third kappa shape index (κ3) is 4.02. The molecule has 4 nitrogen and oxygen atoms in total. The summed E-state index contributed by atoms with van der Waals surface area (Å²) in [7, 11) is 0. The number of nitrogens with zero attached hydrogens (tertiary/aromatic N) is 1. The predicted octanol–water partition coefficient (Wildman–Crippen LogP) is 2.70. The zero-order valence-electron chi connectivity index (χ0n) is 9.74. The van der Waals surface area contributed by atoms with Crippen LogP contribution in [-0.2, 0) is 4.74 Å². The van der Waals surface area contributed by atoms with Crippen LogP contribution in [-0.4, -0.2) is 23.1 Å². The van der Waals surface area contributed by atoms with E-state index in [0.717, 1.165) is 0 Å². The average Bonchev–Trinajstić information content (AvgIpc) is 2.60. The Kier molecular flexibility index (Phi) is 4.06. The molecule has 0 bridgehead atoms. The standard InChI is InChI=1S/C11H16N2O2S/c1-5-6-12-10-13-7-8(16-10)9(14)15-11(2,3)4/h5,7H,1,6H2,2-4H3,(H,12,13). The molecule has 0 aromatic carbocycles. The van der Waals surface area contributed by atoms with Crippen molar-refractivity contribution < 1.29 is 9.53 Å². The lowest BCUT2D eigenvalue weighted by Gasteiger charge is -2.18. The minimum absolute atomic E-state index is 0.336. The normalized spacial score (nSPS) is 10.9. The third-order valence-electron chi connectivity index (χ3n) is 1.50. The van der Waals surface area contributed by atoms with E-state index in [1.165, 1.54) is 17.5 Å². The van der Waals surface area contributed by atoms with Gasteiger partial charge in [-0.05, 0) is 20.8 Å². The van der Waals surface area contributed by atoms with Gasteiger partial charge >= 0.3 is 5.97 Å². The SMILES string of the molecule is C=CCNc1ncc(C(=O)OC(C)(C)C)s1. The molecule has 0 saturated carbocycles. The molecular formula is C11H16N2O2S. The van der Waals surface area contributed by atoms with E-state index in [4.69, 9.17) is 4.74 Å². The van der Waals surface area contributed by atoms with Crippen molar-refractivity contribution in [2.45, 2.75) is 26.4 Å². The van der Waals surface area contributed by atoms with Crippen molar-refractivity contribution >= 4 is 22.4 Å². The van der Waals surface area contributed by atoms with Gasteiger partial charge in [0.05, 0.1) is 6.20 Å². The lowest BCUT2D eigenvalue weighted by atomic mass is 10.2. The first-order chi connectivity index (χ1) is 7.42. The first-order valence-electron chi connectivity index (χ1n) is 4.96. The number of esters is 1. The summed E-state index contributed by atoms with van der Waals surface area (Å²) in [5.74, 6) is -0.336. The summed E-state index contributed by atoms with van der Waals surface area (Å²) < 4.78 is 5.23. The molecule has 1 aromatic heterocycles. The maximum absolute atomic E-state index is 11.6. The van der Waals surface area contributed by atoms with Crippen molar-refractivity contribution in [1.82, 2.24) is 4.98 Å². The molecule has 0 aliphatic heterocycles. The van der Waals surface area contributed by atoms with Gasteiger partial charge in [-0.15, -0.1) is 6.58 Å². The van der Waals surface area contributed by atoms with Gasteiger partial charge in [0.15, 0.2) is 5.13 Å². The second kappa shape index (κ2) is 5.12. The van der Waals surface area contributed by atoms with Gasteiger partial charge in [0.1, 0.15) is 10.5 Å². The number of carbonyl (C=O) groups excluding carboxylic acids is 1.